The zero-order valence-corrected chi connectivity index (χ0v) is 30.4. The Balaban J connectivity index is 1.53. The van der Waals surface area contributed by atoms with Gasteiger partial charge in [0.25, 0.3) is 0 Å². The van der Waals surface area contributed by atoms with E-state index in [0.29, 0.717) is 17.3 Å². The Morgan fingerprint density at radius 2 is 1.61 bits per heavy atom. The third-order valence-electron chi connectivity index (χ3n) is 9.53. The van der Waals surface area contributed by atoms with E-state index >= 15 is 0 Å². The average Bonchev–Trinajstić information content (AvgIpc) is 2.98. The fourth-order valence-corrected chi connectivity index (χ4v) is 7.50. The normalized spacial score (nSPS) is 17.7. The first kappa shape index (κ1) is 36.7. The van der Waals surface area contributed by atoms with Gasteiger partial charge >= 0.3 is 5.97 Å². The predicted molar refractivity (Wildman–Crippen MR) is 188 cm³/mol. The van der Waals surface area contributed by atoms with Crippen molar-refractivity contribution in [2.24, 2.45) is 17.8 Å². The number of ether oxygens (including phenoxy) is 2. The van der Waals surface area contributed by atoms with Crippen LogP contribution in [-0.4, -0.2) is 28.2 Å². The Kier molecular flexibility index (Phi) is 14.9. The molecular formula is C38H58ClNO3S. The van der Waals surface area contributed by atoms with Gasteiger partial charge in [-0.25, -0.2) is 9.78 Å². The lowest BCUT2D eigenvalue weighted by molar-refractivity contribution is 0.0508. The molecule has 1 aliphatic rings. The molecule has 0 unspecified atom stereocenters. The average molecular weight is 644 g/mol. The van der Waals surface area contributed by atoms with E-state index in [4.69, 9.17) is 21.1 Å². The summed E-state index contributed by atoms with van der Waals surface area (Å²) < 4.78 is 12.8. The smallest absolute Gasteiger partial charge is 0.362 e. The molecule has 6 heteroatoms. The topological polar surface area (TPSA) is 48.4 Å². The van der Waals surface area contributed by atoms with Crippen LogP contribution in [0.5, 0.6) is 11.5 Å². The molecular weight excluding hydrogens is 586 g/mol. The highest BCUT2D eigenvalue weighted by Gasteiger charge is 2.35. The summed E-state index contributed by atoms with van der Waals surface area (Å²) in [4.78, 5) is 18.5. The van der Waals surface area contributed by atoms with Crippen molar-refractivity contribution in [2.45, 2.75) is 143 Å². The number of carbonyl (C=O) groups is 1. The second-order valence-electron chi connectivity index (χ2n) is 14.1. The van der Waals surface area contributed by atoms with Gasteiger partial charge in [-0.2, -0.15) is 0 Å². The number of pyridine rings is 1. The maximum atomic E-state index is 13.1. The first-order chi connectivity index (χ1) is 20.9. The van der Waals surface area contributed by atoms with Crippen molar-refractivity contribution in [3.8, 4) is 11.5 Å². The van der Waals surface area contributed by atoms with Gasteiger partial charge in [0.15, 0.2) is 0 Å². The van der Waals surface area contributed by atoms with Gasteiger partial charge in [0, 0.05) is 22.5 Å². The lowest BCUT2D eigenvalue weighted by atomic mass is 9.83. The molecule has 3 atom stereocenters. The zero-order chi connectivity index (χ0) is 32.3. The Morgan fingerprint density at radius 1 is 0.955 bits per heavy atom. The summed E-state index contributed by atoms with van der Waals surface area (Å²) in [6, 6.07) is 3.67. The summed E-state index contributed by atoms with van der Waals surface area (Å²) >= 11 is 7.47. The second-order valence-corrected chi connectivity index (χ2v) is 15.6. The number of alkyl halides is 1. The largest absolute Gasteiger partial charge is 0.487 e. The predicted octanol–water partition coefficient (Wildman–Crippen LogP) is 11.5. The lowest BCUT2D eigenvalue weighted by Crippen LogP contribution is -2.37. The van der Waals surface area contributed by atoms with Gasteiger partial charge in [-0.15, -0.1) is 23.4 Å². The molecule has 1 aromatic heterocycles. The molecule has 4 nitrogen and oxygen atoms in total. The minimum absolute atomic E-state index is 0.160. The van der Waals surface area contributed by atoms with Crippen LogP contribution in [0, 0.1) is 38.5 Å². The van der Waals surface area contributed by atoms with Crippen molar-refractivity contribution in [3.63, 3.8) is 0 Å². The Labute approximate surface area is 277 Å². The maximum Gasteiger partial charge on any atom is 0.362 e. The number of nitrogens with zero attached hydrogens (tertiary/aromatic N) is 1. The molecule has 0 bridgehead atoms. The quantitative estimate of drug-likeness (QED) is 0.0531. The number of rotatable bonds is 18. The molecule has 246 valence electrons. The molecule has 1 aromatic carbocycles. The standard InChI is InChI=1S/C38H58ClNO3S/c1-26(2)13-9-14-27(3)15-10-16-28(4)17-11-21-38(8)22-20-33-31(7)35(29(5)30(6)36(33)43-38)42-37(41)34-19-18-32(25-40-34)44-24-12-23-39/h18-19,25-28H,9-17,20-24H2,1-8H3/t27-,28-,38-/m1/s1. The van der Waals surface area contributed by atoms with Gasteiger partial charge in [0.05, 0.1) is 0 Å². The molecule has 2 aromatic rings. The van der Waals surface area contributed by atoms with Gasteiger partial charge in [-0.3, -0.25) is 0 Å². The summed E-state index contributed by atoms with van der Waals surface area (Å²) in [5, 5.41) is 0. The molecule has 3 rings (SSSR count). The summed E-state index contributed by atoms with van der Waals surface area (Å²) in [6.45, 7) is 18.0. The summed E-state index contributed by atoms with van der Waals surface area (Å²) in [6.07, 6.45) is 16.3. The molecule has 2 heterocycles. The molecule has 0 fully saturated rings. The van der Waals surface area contributed by atoms with Gasteiger partial charge in [-0.05, 0) is 112 Å². The molecule has 0 saturated heterocycles. The van der Waals surface area contributed by atoms with Crippen molar-refractivity contribution in [2.75, 3.05) is 11.6 Å². The van der Waals surface area contributed by atoms with Crippen LogP contribution in [0.4, 0.5) is 0 Å². The minimum Gasteiger partial charge on any atom is -0.487 e. The van der Waals surface area contributed by atoms with Crippen LogP contribution < -0.4 is 9.47 Å². The third kappa shape index (κ3) is 11.0. The number of fused-ring (bicyclic) bond motifs is 1. The van der Waals surface area contributed by atoms with Crippen molar-refractivity contribution in [1.29, 1.82) is 0 Å². The molecule has 1 aliphatic heterocycles. The van der Waals surface area contributed by atoms with E-state index in [-0.39, 0.29) is 5.60 Å². The number of hydrogen-bond acceptors (Lipinski definition) is 5. The van der Waals surface area contributed by atoms with Crippen LogP contribution in [0.1, 0.15) is 138 Å². The second kappa shape index (κ2) is 17.8. The van der Waals surface area contributed by atoms with E-state index < -0.39 is 5.97 Å². The van der Waals surface area contributed by atoms with Crippen molar-refractivity contribution in [1.82, 2.24) is 4.98 Å². The van der Waals surface area contributed by atoms with Gasteiger partial charge in [0.2, 0.25) is 0 Å². The number of halogens is 1. The van der Waals surface area contributed by atoms with E-state index in [2.05, 4.69) is 53.5 Å². The summed E-state index contributed by atoms with van der Waals surface area (Å²) in [5.74, 6) is 5.23. The molecule has 0 radical (unpaired) electrons. The number of aromatic nitrogens is 1. The molecule has 0 saturated carbocycles. The van der Waals surface area contributed by atoms with Gasteiger partial charge in [0.1, 0.15) is 22.8 Å². The maximum absolute atomic E-state index is 13.1. The van der Waals surface area contributed by atoms with Gasteiger partial charge < -0.3 is 9.47 Å². The minimum atomic E-state index is -0.427. The molecule has 0 N–H and O–H groups in total. The number of carbonyl (C=O) groups excluding carboxylic acids is 1. The first-order valence-electron chi connectivity index (χ1n) is 17.1. The van der Waals surface area contributed by atoms with Crippen LogP contribution in [0.15, 0.2) is 23.2 Å². The van der Waals surface area contributed by atoms with Crippen LogP contribution in [0.25, 0.3) is 0 Å². The van der Waals surface area contributed by atoms with E-state index in [0.717, 1.165) is 76.5 Å². The Hall–Kier alpha value is -1.72. The van der Waals surface area contributed by atoms with E-state index in [9.17, 15) is 4.79 Å². The van der Waals surface area contributed by atoms with Gasteiger partial charge in [-0.1, -0.05) is 72.6 Å². The SMILES string of the molecule is Cc1c(C)c2c(c(C)c1OC(=O)c1ccc(SCCCCl)cn1)CC[C@@](C)(CCC[C@H](C)CCC[C@H](C)CCCC(C)C)O2. The van der Waals surface area contributed by atoms with E-state index in [1.165, 1.54) is 56.9 Å². The van der Waals surface area contributed by atoms with Crippen LogP contribution in [0.3, 0.4) is 0 Å². The number of thioether (sulfide) groups is 1. The summed E-state index contributed by atoms with van der Waals surface area (Å²) in [7, 11) is 0. The molecule has 0 amide bonds. The fourth-order valence-electron chi connectivity index (χ4n) is 6.39. The van der Waals surface area contributed by atoms with Crippen molar-refractivity contribution >= 4 is 29.3 Å². The van der Waals surface area contributed by atoms with Crippen LogP contribution >= 0.6 is 23.4 Å². The molecule has 44 heavy (non-hydrogen) atoms. The first-order valence-corrected chi connectivity index (χ1v) is 18.6. The highest BCUT2D eigenvalue weighted by atomic mass is 35.5. The Bertz CT molecular complexity index is 1200. The van der Waals surface area contributed by atoms with Crippen LogP contribution in [0.2, 0.25) is 0 Å². The molecule has 0 spiro atoms. The Morgan fingerprint density at radius 3 is 2.23 bits per heavy atom. The zero-order valence-electron chi connectivity index (χ0n) is 28.8. The number of esters is 1. The number of benzene rings is 1. The van der Waals surface area contributed by atoms with E-state index in [1.807, 2.05) is 13.0 Å². The third-order valence-corrected chi connectivity index (χ3v) is 10.9. The lowest BCUT2D eigenvalue weighted by Gasteiger charge is -2.38. The monoisotopic (exact) mass is 643 g/mol. The van der Waals surface area contributed by atoms with E-state index in [1.54, 1.807) is 24.0 Å². The number of hydrogen-bond donors (Lipinski definition) is 0. The van der Waals surface area contributed by atoms with Crippen LogP contribution in [-0.2, 0) is 6.42 Å². The fraction of sp³-hybridized carbons (Fsp3) is 0.684. The van der Waals surface area contributed by atoms with Crippen molar-refractivity contribution in [3.05, 3.63) is 46.3 Å². The highest BCUT2D eigenvalue weighted by Crippen LogP contribution is 2.45. The molecule has 0 aliphatic carbocycles. The highest BCUT2D eigenvalue weighted by molar-refractivity contribution is 7.99. The van der Waals surface area contributed by atoms with Crippen molar-refractivity contribution < 1.29 is 14.3 Å². The summed E-state index contributed by atoms with van der Waals surface area (Å²) in [5.41, 5.74) is 4.35.